The summed E-state index contributed by atoms with van der Waals surface area (Å²) in [6.45, 7) is -0.152. The quantitative estimate of drug-likeness (QED) is 0.723. The van der Waals surface area contributed by atoms with Crippen LogP contribution in [-0.4, -0.2) is 26.3 Å². The van der Waals surface area contributed by atoms with Gasteiger partial charge in [-0.15, -0.1) is 0 Å². The van der Waals surface area contributed by atoms with Crippen LogP contribution in [0.15, 0.2) is 35.5 Å². The van der Waals surface area contributed by atoms with Crippen LogP contribution in [0.1, 0.15) is 5.69 Å². The molecule has 25 heavy (non-hydrogen) atoms. The fraction of sp³-hybridized carbons (Fsp3) is 0.200. The van der Waals surface area contributed by atoms with Crippen molar-refractivity contribution < 1.29 is 17.9 Å². The number of nitrogens with zero attached hydrogens (tertiary/aromatic N) is 5. The van der Waals surface area contributed by atoms with Crippen LogP contribution >= 0.6 is 0 Å². The molecule has 0 unspecified atom stereocenters. The second-order valence-electron chi connectivity index (χ2n) is 5.02. The second-order valence-corrected chi connectivity index (χ2v) is 5.02. The highest BCUT2D eigenvalue weighted by atomic mass is 19.4. The van der Waals surface area contributed by atoms with E-state index >= 15 is 0 Å². The molecule has 0 aliphatic carbocycles. The van der Waals surface area contributed by atoms with Gasteiger partial charge in [0.05, 0.1) is 24.9 Å². The van der Waals surface area contributed by atoms with Gasteiger partial charge in [0.25, 0.3) is 5.56 Å². The molecule has 0 radical (unpaired) electrons. The normalized spacial score (nSPS) is 11.5. The molecule has 0 saturated carbocycles. The topological polar surface area (TPSA) is 85.2 Å². The van der Waals surface area contributed by atoms with Crippen LogP contribution in [0.5, 0.6) is 5.75 Å². The van der Waals surface area contributed by atoms with Crippen molar-refractivity contribution in [3.05, 3.63) is 46.8 Å². The van der Waals surface area contributed by atoms with Gasteiger partial charge in [0.1, 0.15) is 17.9 Å². The largest absolute Gasteiger partial charge is 0.497 e. The summed E-state index contributed by atoms with van der Waals surface area (Å²) < 4.78 is 47.5. The smallest absolute Gasteiger partial charge is 0.434 e. The highest BCUT2D eigenvalue weighted by Crippen LogP contribution is 2.34. The number of alkyl halides is 3. The molecule has 0 fully saturated rings. The summed E-state index contributed by atoms with van der Waals surface area (Å²) in [5, 5.41) is 12.4. The lowest BCUT2D eigenvalue weighted by atomic mass is 10.1. The van der Waals surface area contributed by atoms with Crippen LogP contribution in [0, 0.1) is 11.3 Å². The van der Waals surface area contributed by atoms with E-state index in [1.54, 1.807) is 0 Å². The van der Waals surface area contributed by atoms with Crippen LogP contribution < -0.4 is 10.3 Å². The van der Waals surface area contributed by atoms with E-state index < -0.39 is 23.0 Å². The number of rotatable bonds is 3. The predicted octanol–water partition coefficient (Wildman–Crippen LogP) is 2.11. The van der Waals surface area contributed by atoms with Crippen molar-refractivity contribution in [1.29, 1.82) is 5.26 Å². The molecule has 0 bridgehead atoms. The van der Waals surface area contributed by atoms with Crippen LogP contribution in [-0.2, 0) is 12.7 Å². The van der Waals surface area contributed by atoms with Gasteiger partial charge in [-0.2, -0.15) is 23.5 Å². The minimum atomic E-state index is -4.84. The van der Waals surface area contributed by atoms with Gasteiger partial charge in [-0.25, -0.2) is 4.98 Å². The Morgan fingerprint density at radius 1 is 1.40 bits per heavy atom. The monoisotopic (exact) mass is 349 g/mol. The molecule has 0 atom stereocenters. The number of aromatic nitrogens is 4. The van der Waals surface area contributed by atoms with E-state index in [0.717, 1.165) is 15.3 Å². The van der Waals surface area contributed by atoms with Crippen LogP contribution in [0.3, 0.4) is 0 Å². The highest BCUT2D eigenvalue weighted by molar-refractivity contribution is 5.66. The molecule has 0 N–H and O–H groups in total. The molecule has 0 spiro atoms. The average molecular weight is 349 g/mol. The summed E-state index contributed by atoms with van der Waals surface area (Å²) in [6, 6.07) is 4.49. The molecule has 0 aliphatic rings. The molecule has 10 heteroatoms. The average Bonchev–Trinajstić information content (AvgIpc) is 3.02. The van der Waals surface area contributed by atoms with Crippen molar-refractivity contribution in [2.24, 2.45) is 0 Å². The first-order valence-corrected chi connectivity index (χ1v) is 6.92. The molecule has 0 aliphatic heterocycles. The number of halogens is 3. The summed E-state index contributed by atoms with van der Waals surface area (Å²) in [5.74, 6) is 0.273. The van der Waals surface area contributed by atoms with E-state index in [1.165, 1.54) is 31.6 Å². The van der Waals surface area contributed by atoms with Crippen LogP contribution in [0.25, 0.3) is 16.8 Å². The zero-order valence-corrected chi connectivity index (χ0v) is 12.8. The SMILES string of the molecule is COc1ccn2c(=O)c(-c3cnn(CC#N)c3)c(C(F)(F)F)nc2c1. The Kier molecular flexibility index (Phi) is 3.92. The third-order valence-corrected chi connectivity index (χ3v) is 3.46. The number of hydrogen-bond donors (Lipinski definition) is 0. The summed E-state index contributed by atoms with van der Waals surface area (Å²) in [4.78, 5) is 16.2. The van der Waals surface area contributed by atoms with E-state index in [2.05, 4.69) is 10.1 Å². The van der Waals surface area contributed by atoms with Crippen molar-refractivity contribution in [1.82, 2.24) is 19.2 Å². The molecule has 0 amide bonds. The Labute approximate surface area is 138 Å². The van der Waals surface area contributed by atoms with Gasteiger partial charge in [-0.3, -0.25) is 13.9 Å². The van der Waals surface area contributed by atoms with Gasteiger partial charge in [0, 0.05) is 24.0 Å². The Bertz CT molecular complexity index is 1050. The van der Waals surface area contributed by atoms with Gasteiger partial charge in [0.2, 0.25) is 0 Å². The Balaban J connectivity index is 2.34. The number of nitriles is 1. The summed E-state index contributed by atoms with van der Waals surface area (Å²) in [6.07, 6.45) is -1.26. The number of methoxy groups -OCH3 is 1. The highest BCUT2D eigenvalue weighted by Gasteiger charge is 2.38. The van der Waals surface area contributed by atoms with Gasteiger partial charge in [-0.05, 0) is 6.07 Å². The minimum Gasteiger partial charge on any atom is -0.497 e. The standard InChI is InChI=1S/C15H10F3N5O2/c1-25-10-2-4-23-11(6-10)21-13(15(16,17)18)12(14(23)24)9-7-20-22(8-9)5-3-19/h2,4,6-8H,5H2,1H3. The lowest BCUT2D eigenvalue weighted by Crippen LogP contribution is -2.24. The third-order valence-electron chi connectivity index (χ3n) is 3.46. The fourth-order valence-corrected chi connectivity index (χ4v) is 2.36. The van der Waals surface area contributed by atoms with Gasteiger partial charge >= 0.3 is 6.18 Å². The lowest BCUT2D eigenvalue weighted by molar-refractivity contribution is -0.140. The van der Waals surface area contributed by atoms with Gasteiger partial charge < -0.3 is 4.74 Å². The van der Waals surface area contributed by atoms with E-state index in [0.29, 0.717) is 0 Å². The number of pyridine rings is 1. The zero-order chi connectivity index (χ0) is 18.2. The van der Waals surface area contributed by atoms with E-state index in [1.807, 2.05) is 6.07 Å². The minimum absolute atomic E-state index is 0.0645. The lowest BCUT2D eigenvalue weighted by Gasteiger charge is -2.12. The van der Waals surface area contributed by atoms with Gasteiger partial charge in [0.15, 0.2) is 5.69 Å². The first-order valence-electron chi connectivity index (χ1n) is 6.92. The third kappa shape index (κ3) is 2.91. The van der Waals surface area contributed by atoms with Crippen molar-refractivity contribution >= 4 is 5.65 Å². The van der Waals surface area contributed by atoms with Crippen molar-refractivity contribution in [2.75, 3.05) is 7.11 Å². The summed E-state index contributed by atoms with van der Waals surface area (Å²) >= 11 is 0. The van der Waals surface area contributed by atoms with Crippen LogP contribution in [0.2, 0.25) is 0 Å². The first-order chi connectivity index (χ1) is 11.8. The molecular formula is C15H10F3N5O2. The molecule has 3 aromatic heterocycles. The van der Waals surface area contributed by atoms with Crippen molar-refractivity contribution in [3.8, 4) is 22.9 Å². The number of ether oxygens (including phenoxy) is 1. The molecule has 0 aromatic carbocycles. The number of fused-ring (bicyclic) bond motifs is 1. The van der Waals surface area contributed by atoms with Crippen molar-refractivity contribution in [2.45, 2.75) is 12.7 Å². The molecule has 3 aromatic rings. The maximum atomic E-state index is 13.5. The Morgan fingerprint density at radius 2 is 2.16 bits per heavy atom. The second kappa shape index (κ2) is 5.94. The molecular weight excluding hydrogens is 339 g/mol. The molecule has 3 heterocycles. The zero-order valence-electron chi connectivity index (χ0n) is 12.8. The maximum absolute atomic E-state index is 13.5. The summed E-state index contributed by atoms with van der Waals surface area (Å²) in [7, 11) is 1.35. The van der Waals surface area contributed by atoms with Crippen molar-refractivity contribution in [3.63, 3.8) is 0 Å². The Hall–Kier alpha value is -3.35. The van der Waals surface area contributed by atoms with Gasteiger partial charge in [-0.1, -0.05) is 0 Å². The number of hydrogen-bond acceptors (Lipinski definition) is 5. The molecule has 0 saturated heterocycles. The fourth-order valence-electron chi connectivity index (χ4n) is 2.36. The predicted molar refractivity (Wildman–Crippen MR) is 79.8 cm³/mol. The van der Waals surface area contributed by atoms with E-state index in [9.17, 15) is 18.0 Å². The molecule has 3 rings (SSSR count). The first kappa shape index (κ1) is 16.5. The van der Waals surface area contributed by atoms with E-state index in [-0.39, 0.29) is 23.5 Å². The summed E-state index contributed by atoms with van der Waals surface area (Å²) in [5.41, 5.74) is -3.09. The van der Waals surface area contributed by atoms with E-state index in [4.69, 9.17) is 10.00 Å². The molecule has 128 valence electrons. The molecule has 7 nitrogen and oxygen atoms in total. The Morgan fingerprint density at radius 3 is 2.80 bits per heavy atom. The maximum Gasteiger partial charge on any atom is 0.434 e. The van der Waals surface area contributed by atoms with Crippen LogP contribution in [0.4, 0.5) is 13.2 Å².